The first kappa shape index (κ1) is 15.7. The lowest BCUT2D eigenvalue weighted by atomic mass is 10.2. The molecule has 1 atom stereocenters. The summed E-state index contributed by atoms with van der Waals surface area (Å²) in [5, 5.41) is 2.83. The lowest BCUT2D eigenvalue weighted by molar-refractivity contribution is 0.158. The van der Waals surface area contributed by atoms with Gasteiger partial charge in [0.1, 0.15) is 18.6 Å². The SMILES string of the molecule is CN/C(=C/N)C(=NCC(F)F)N1CCC[C@@H](F)CC1. The van der Waals surface area contributed by atoms with Gasteiger partial charge in [-0.2, -0.15) is 0 Å². The molecule has 1 aliphatic heterocycles. The number of hydrogen-bond acceptors (Lipinski definition) is 3. The minimum absolute atomic E-state index is 0.384. The predicted molar refractivity (Wildman–Crippen MR) is 70.0 cm³/mol. The van der Waals surface area contributed by atoms with Gasteiger partial charge in [-0.25, -0.2) is 13.2 Å². The molecule has 0 aromatic carbocycles. The summed E-state index contributed by atoms with van der Waals surface area (Å²) < 4.78 is 38.0. The summed E-state index contributed by atoms with van der Waals surface area (Å²) in [5.74, 6) is 0.388. The van der Waals surface area contributed by atoms with Crippen LogP contribution in [0.3, 0.4) is 0 Å². The van der Waals surface area contributed by atoms with Crippen LogP contribution in [0.25, 0.3) is 0 Å². The van der Waals surface area contributed by atoms with Gasteiger partial charge in [0, 0.05) is 26.3 Å². The quantitative estimate of drug-likeness (QED) is 0.605. The minimum atomic E-state index is -2.51. The summed E-state index contributed by atoms with van der Waals surface area (Å²) in [5.41, 5.74) is 5.95. The Hall–Kier alpha value is -1.40. The number of amidine groups is 1. The van der Waals surface area contributed by atoms with Crippen LogP contribution in [0.5, 0.6) is 0 Å². The summed E-state index contributed by atoms with van der Waals surface area (Å²) in [4.78, 5) is 5.73. The van der Waals surface area contributed by atoms with Gasteiger partial charge in [-0.1, -0.05) is 0 Å². The molecular formula is C12H21F3N4. The molecule has 0 aromatic rings. The Bertz CT molecular complexity index is 331. The van der Waals surface area contributed by atoms with Crippen molar-refractivity contribution in [2.24, 2.45) is 10.7 Å². The number of nitrogens with one attached hydrogen (secondary N) is 1. The molecule has 1 aliphatic rings. The van der Waals surface area contributed by atoms with Crippen LogP contribution in [-0.2, 0) is 0 Å². The number of nitrogens with zero attached hydrogens (tertiary/aromatic N) is 2. The van der Waals surface area contributed by atoms with E-state index in [9.17, 15) is 13.2 Å². The number of likely N-dealkylation sites (tertiary alicyclic amines) is 1. The van der Waals surface area contributed by atoms with Crippen molar-refractivity contribution in [1.82, 2.24) is 10.2 Å². The molecule has 110 valence electrons. The van der Waals surface area contributed by atoms with Crippen LogP contribution in [0, 0.1) is 0 Å². The zero-order chi connectivity index (χ0) is 14.3. The van der Waals surface area contributed by atoms with Crippen molar-refractivity contribution in [3.8, 4) is 0 Å². The van der Waals surface area contributed by atoms with E-state index in [2.05, 4.69) is 10.3 Å². The molecule has 0 amide bonds. The molecule has 1 fully saturated rings. The first-order valence-corrected chi connectivity index (χ1v) is 6.40. The second kappa shape index (κ2) is 7.91. The van der Waals surface area contributed by atoms with E-state index in [0.717, 1.165) is 0 Å². The molecule has 3 N–H and O–H groups in total. The predicted octanol–water partition coefficient (Wildman–Crippen LogP) is 1.49. The Balaban J connectivity index is 2.85. The highest BCUT2D eigenvalue weighted by molar-refractivity contribution is 5.97. The van der Waals surface area contributed by atoms with Gasteiger partial charge in [-0.3, -0.25) is 4.99 Å². The van der Waals surface area contributed by atoms with E-state index in [-0.39, 0.29) is 0 Å². The van der Waals surface area contributed by atoms with Crippen molar-refractivity contribution in [2.45, 2.75) is 31.9 Å². The molecule has 19 heavy (non-hydrogen) atoms. The third-order valence-corrected chi connectivity index (χ3v) is 3.01. The molecule has 1 saturated heterocycles. The van der Waals surface area contributed by atoms with Crippen molar-refractivity contribution >= 4 is 5.84 Å². The van der Waals surface area contributed by atoms with Crippen molar-refractivity contribution in [3.63, 3.8) is 0 Å². The standard InChI is InChI=1S/C12H21F3N4/c1-17-10(7-16)12(18-8-11(14)15)19-5-2-3-9(13)4-6-19/h7,9,11,17H,2-6,8,16H2,1H3/b10-7+,18-12?/t9-/m1/s1. The molecular weight excluding hydrogens is 257 g/mol. The summed E-state index contributed by atoms with van der Waals surface area (Å²) >= 11 is 0. The zero-order valence-corrected chi connectivity index (χ0v) is 11.1. The van der Waals surface area contributed by atoms with Crippen molar-refractivity contribution in [2.75, 3.05) is 26.7 Å². The summed E-state index contributed by atoms with van der Waals surface area (Å²) in [6.45, 7) is 0.480. The van der Waals surface area contributed by atoms with Gasteiger partial charge in [-0.15, -0.1) is 0 Å². The number of aliphatic imine (C=N–C) groups is 1. The highest BCUT2D eigenvalue weighted by Gasteiger charge is 2.21. The van der Waals surface area contributed by atoms with Crippen molar-refractivity contribution in [1.29, 1.82) is 0 Å². The second-order valence-corrected chi connectivity index (χ2v) is 4.40. The maximum Gasteiger partial charge on any atom is 0.257 e. The molecule has 0 saturated carbocycles. The minimum Gasteiger partial charge on any atom is -0.403 e. The summed E-state index contributed by atoms with van der Waals surface area (Å²) in [6.07, 6.45) is -0.485. The van der Waals surface area contributed by atoms with Crippen LogP contribution in [0.15, 0.2) is 16.9 Å². The van der Waals surface area contributed by atoms with Crippen LogP contribution >= 0.6 is 0 Å². The van der Waals surface area contributed by atoms with Gasteiger partial charge < -0.3 is 16.0 Å². The Labute approximate surface area is 111 Å². The Morgan fingerprint density at radius 2 is 2.21 bits per heavy atom. The Kier molecular flexibility index (Phi) is 6.52. The number of alkyl halides is 3. The van der Waals surface area contributed by atoms with Gasteiger partial charge in [0.15, 0.2) is 0 Å². The van der Waals surface area contributed by atoms with Crippen LogP contribution < -0.4 is 11.1 Å². The highest BCUT2D eigenvalue weighted by atomic mass is 19.3. The lowest BCUT2D eigenvalue weighted by Crippen LogP contribution is -2.37. The van der Waals surface area contributed by atoms with Crippen molar-refractivity contribution < 1.29 is 13.2 Å². The molecule has 0 spiro atoms. The number of hydrogen-bond donors (Lipinski definition) is 2. The lowest BCUT2D eigenvalue weighted by Gasteiger charge is -2.26. The molecule has 0 aliphatic carbocycles. The van der Waals surface area contributed by atoms with E-state index in [4.69, 9.17) is 5.73 Å². The zero-order valence-electron chi connectivity index (χ0n) is 11.1. The van der Waals surface area contributed by atoms with E-state index >= 15 is 0 Å². The third kappa shape index (κ3) is 5.00. The molecule has 0 radical (unpaired) electrons. The fourth-order valence-electron chi connectivity index (χ4n) is 2.05. The average Bonchev–Trinajstić information content (AvgIpc) is 2.59. The average molecular weight is 278 g/mol. The third-order valence-electron chi connectivity index (χ3n) is 3.01. The smallest absolute Gasteiger partial charge is 0.257 e. The van der Waals surface area contributed by atoms with Crippen LogP contribution in [0.4, 0.5) is 13.2 Å². The largest absolute Gasteiger partial charge is 0.403 e. The van der Waals surface area contributed by atoms with E-state index in [1.165, 1.54) is 6.20 Å². The molecule has 1 heterocycles. The monoisotopic (exact) mass is 278 g/mol. The molecule has 4 nitrogen and oxygen atoms in total. The number of rotatable bonds is 4. The van der Waals surface area contributed by atoms with Gasteiger partial charge in [0.05, 0.1) is 5.70 Å². The van der Waals surface area contributed by atoms with E-state index < -0.39 is 19.1 Å². The van der Waals surface area contributed by atoms with Gasteiger partial charge in [-0.05, 0) is 19.3 Å². The maximum atomic E-state index is 13.3. The molecule has 0 bridgehead atoms. The van der Waals surface area contributed by atoms with Crippen LogP contribution in [-0.4, -0.2) is 50.0 Å². The number of halogens is 3. The Morgan fingerprint density at radius 1 is 1.47 bits per heavy atom. The van der Waals surface area contributed by atoms with Crippen LogP contribution in [0.2, 0.25) is 0 Å². The first-order valence-electron chi connectivity index (χ1n) is 6.40. The summed E-state index contributed by atoms with van der Waals surface area (Å²) in [7, 11) is 1.65. The summed E-state index contributed by atoms with van der Waals surface area (Å²) in [6, 6.07) is 0. The fourth-order valence-corrected chi connectivity index (χ4v) is 2.05. The highest BCUT2D eigenvalue weighted by Crippen LogP contribution is 2.16. The normalized spacial score (nSPS) is 22.6. The van der Waals surface area contributed by atoms with Crippen molar-refractivity contribution in [3.05, 3.63) is 11.9 Å². The maximum absolute atomic E-state index is 13.3. The van der Waals surface area contributed by atoms with E-state index in [1.807, 2.05) is 4.90 Å². The van der Waals surface area contributed by atoms with Gasteiger partial charge >= 0.3 is 0 Å². The molecule has 0 aromatic heterocycles. The van der Waals surface area contributed by atoms with Crippen LogP contribution in [0.1, 0.15) is 19.3 Å². The molecule has 0 unspecified atom stereocenters. The van der Waals surface area contributed by atoms with Gasteiger partial charge in [0.2, 0.25) is 0 Å². The first-order chi connectivity index (χ1) is 9.08. The number of nitrogens with two attached hydrogens (primary N) is 1. The number of likely N-dealkylation sites (N-methyl/N-ethyl adjacent to an activating group) is 1. The second-order valence-electron chi connectivity index (χ2n) is 4.40. The molecule has 7 heteroatoms. The molecule has 1 rings (SSSR count). The fraction of sp³-hybridized carbons (Fsp3) is 0.750. The van der Waals surface area contributed by atoms with E-state index in [1.54, 1.807) is 7.05 Å². The Morgan fingerprint density at radius 3 is 2.79 bits per heavy atom. The van der Waals surface area contributed by atoms with Gasteiger partial charge in [0.25, 0.3) is 6.43 Å². The topological polar surface area (TPSA) is 53.6 Å². The van der Waals surface area contributed by atoms with E-state index in [0.29, 0.717) is 43.9 Å².